The van der Waals surface area contributed by atoms with Gasteiger partial charge in [0.05, 0.1) is 17.7 Å². The molecule has 3 rings (SSSR count). The van der Waals surface area contributed by atoms with Crippen LogP contribution in [0, 0.1) is 12.8 Å². The Labute approximate surface area is 152 Å². The van der Waals surface area contributed by atoms with Crippen molar-refractivity contribution in [3.63, 3.8) is 0 Å². The fourth-order valence-electron chi connectivity index (χ4n) is 3.31. The highest BCUT2D eigenvalue weighted by Gasteiger charge is 2.38. The third-order valence-corrected chi connectivity index (χ3v) is 4.53. The lowest BCUT2D eigenvalue weighted by atomic mass is 10.0. The van der Waals surface area contributed by atoms with E-state index in [1.54, 1.807) is 24.1 Å². The van der Waals surface area contributed by atoms with E-state index < -0.39 is 0 Å². The first-order valence-electron chi connectivity index (χ1n) is 8.67. The number of aromatic nitrogens is 3. The predicted molar refractivity (Wildman–Crippen MR) is 96.0 cm³/mol. The number of amides is 2. The zero-order chi connectivity index (χ0) is 18.5. The molecule has 26 heavy (non-hydrogen) atoms. The molecule has 2 amide bonds. The summed E-state index contributed by atoms with van der Waals surface area (Å²) in [6, 6.07) is 5.53. The fraction of sp³-hybridized carbons (Fsp3) is 0.444. The molecule has 3 heterocycles. The van der Waals surface area contributed by atoms with Crippen molar-refractivity contribution in [3.05, 3.63) is 48.0 Å². The summed E-state index contributed by atoms with van der Waals surface area (Å²) in [4.78, 5) is 30.9. The predicted octanol–water partition coefficient (Wildman–Crippen LogP) is -0.0507. The van der Waals surface area contributed by atoms with Crippen LogP contribution in [0.15, 0.2) is 36.8 Å². The lowest BCUT2D eigenvalue weighted by Gasteiger charge is -2.18. The van der Waals surface area contributed by atoms with E-state index in [-0.39, 0.29) is 30.3 Å². The van der Waals surface area contributed by atoms with Gasteiger partial charge in [-0.3, -0.25) is 24.2 Å². The highest BCUT2D eigenvalue weighted by atomic mass is 16.2. The Bertz CT molecular complexity index is 760. The van der Waals surface area contributed by atoms with Gasteiger partial charge in [-0.05, 0) is 24.6 Å². The molecule has 0 aliphatic carbocycles. The second kappa shape index (κ2) is 8.09. The summed E-state index contributed by atoms with van der Waals surface area (Å²) in [5.74, 6) is -0.478. The van der Waals surface area contributed by atoms with Crippen LogP contribution in [0.5, 0.6) is 0 Å². The summed E-state index contributed by atoms with van der Waals surface area (Å²) >= 11 is 0. The Kier molecular flexibility index (Phi) is 5.62. The van der Waals surface area contributed by atoms with E-state index in [0.717, 1.165) is 11.3 Å². The van der Waals surface area contributed by atoms with Crippen LogP contribution in [0.3, 0.4) is 0 Å². The van der Waals surface area contributed by atoms with Crippen LogP contribution in [-0.4, -0.2) is 57.7 Å². The summed E-state index contributed by atoms with van der Waals surface area (Å²) in [7, 11) is 1.62. The fourth-order valence-corrected chi connectivity index (χ4v) is 3.31. The topological polar surface area (TPSA) is 92.2 Å². The third-order valence-electron chi connectivity index (χ3n) is 4.53. The minimum Gasteiger partial charge on any atom is -0.359 e. The summed E-state index contributed by atoms with van der Waals surface area (Å²) in [5.41, 5.74) is 1.95. The van der Waals surface area contributed by atoms with Crippen molar-refractivity contribution in [1.29, 1.82) is 0 Å². The summed E-state index contributed by atoms with van der Waals surface area (Å²) < 4.78 is 1.60. The molecule has 2 aromatic heterocycles. The Balaban J connectivity index is 1.63. The standard InChI is InChI=1S/C18H24N6O2/c1-13-5-7-24(22-13)12-17(25)21-16-11-23(10-15(16)18(26)19-2)9-14-4-3-6-20-8-14/h3-8,15-16H,9-12H2,1-2H3,(H,19,26)(H,21,25)/t15-,16-/m0/s1. The highest BCUT2D eigenvalue weighted by Crippen LogP contribution is 2.19. The number of hydrogen-bond acceptors (Lipinski definition) is 5. The SMILES string of the molecule is CNC(=O)[C@H]1CN(Cc2cccnc2)C[C@@H]1NC(=O)Cn1ccc(C)n1. The van der Waals surface area contributed by atoms with Gasteiger partial charge in [-0.1, -0.05) is 6.07 Å². The molecule has 1 fully saturated rings. The number of nitrogens with zero attached hydrogens (tertiary/aromatic N) is 4. The molecule has 2 N–H and O–H groups in total. The maximum absolute atomic E-state index is 12.4. The van der Waals surface area contributed by atoms with Crippen molar-refractivity contribution in [2.24, 2.45) is 5.92 Å². The minimum absolute atomic E-state index is 0.0566. The first-order chi connectivity index (χ1) is 12.5. The van der Waals surface area contributed by atoms with Crippen LogP contribution in [0.1, 0.15) is 11.3 Å². The summed E-state index contributed by atoms with van der Waals surface area (Å²) in [6.45, 7) is 3.94. The maximum Gasteiger partial charge on any atom is 0.242 e. The van der Waals surface area contributed by atoms with Crippen molar-refractivity contribution >= 4 is 11.8 Å². The first-order valence-corrected chi connectivity index (χ1v) is 8.67. The van der Waals surface area contributed by atoms with Gasteiger partial charge < -0.3 is 10.6 Å². The van der Waals surface area contributed by atoms with Crippen LogP contribution in [0.2, 0.25) is 0 Å². The van der Waals surface area contributed by atoms with Crippen LogP contribution >= 0.6 is 0 Å². The molecule has 0 radical (unpaired) electrons. The van der Waals surface area contributed by atoms with Gasteiger partial charge in [0.1, 0.15) is 6.54 Å². The van der Waals surface area contributed by atoms with E-state index in [4.69, 9.17) is 0 Å². The van der Waals surface area contributed by atoms with Gasteiger partial charge in [-0.15, -0.1) is 0 Å². The molecule has 0 spiro atoms. The Morgan fingerprint density at radius 2 is 2.15 bits per heavy atom. The van der Waals surface area contributed by atoms with E-state index in [1.807, 2.05) is 31.3 Å². The molecule has 0 bridgehead atoms. The van der Waals surface area contributed by atoms with Crippen molar-refractivity contribution in [1.82, 2.24) is 30.3 Å². The smallest absolute Gasteiger partial charge is 0.242 e. The number of carbonyl (C=O) groups excluding carboxylic acids is 2. The van der Waals surface area contributed by atoms with Crippen molar-refractivity contribution in [2.45, 2.75) is 26.1 Å². The molecule has 1 saturated heterocycles. The van der Waals surface area contributed by atoms with Crippen LogP contribution < -0.4 is 10.6 Å². The average molecular weight is 356 g/mol. The number of rotatable bonds is 6. The van der Waals surface area contributed by atoms with Gasteiger partial charge >= 0.3 is 0 Å². The number of carbonyl (C=O) groups is 2. The van der Waals surface area contributed by atoms with Crippen molar-refractivity contribution in [3.8, 4) is 0 Å². The Hall–Kier alpha value is -2.74. The monoisotopic (exact) mass is 356 g/mol. The van der Waals surface area contributed by atoms with E-state index in [1.165, 1.54) is 0 Å². The quantitative estimate of drug-likeness (QED) is 0.757. The third kappa shape index (κ3) is 4.45. The Morgan fingerprint density at radius 1 is 1.31 bits per heavy atom. The molecule has 8 nitrogen and oxygen atoms in total. The summed E-state index contributed by atoms with van der Waals surface area (Å²) in [6.07, 6.45) is 5.33. The zero-order valence-electron chi connectivity index (χ0n) is 15.1. The minimum atomic E-state index is -0.278. The van der Waals surface area contributed by atoms with Crippen molar-refractivity contribution < 1.29 is 9.59 Å². The molecule has 0 saturated carbocycles. The largest absolute Gasteiger partial charge is 0.359 e. The lowest BCUT2D eigenvalue weighted by Crippen LogP contribution is -2.46. The molecular formula is C18H24N6O2. The highest BCUT2D eigenvalue weighted by molar-refractivity contribution is 5.82. The summed E-state index contributed by atoms with van der Waals surface area (Å²) in [5, 5.41) is 9.93. The van der Waals surface area contributed by atoms with E-state index in [9.17, 15) is 9.59 Å². The average Bonchev–Trinajstić information content (AvgIpc) is 3.21. The number of pyridine rings is 1. The Morgan fingerprint density at radius 3 is 2.81 bits per heavy atom. The van der Waals surface area contributed by atoms with Gasteiger partial charge in [0, 0.05) is 45.3 Å². The molecule has 0 aromatic carbocycles. The lowest BCUT2D eigenvalue weighted by molar-refractivity contribution is -0.126. The molecule has 1 aliphatic heterocycles. The van der Waals surface area contributed by atoms with E-state index in [2.05, 4.69) is 25.6 Å². The second-order valence-electron chi connectivity index (χ2n) is 6.60. The van der Waals surface area contributed by atoms with Crippen LogP contribution in [-0.2, 0) is 22.7 Å². The number of aryl methyl sites for hydroxylation is 1. The van der Waals surface area contributed by atoms with Gasteiger partial charge in [0.2, 0.25) is 11.8 Å². The van der Waals surface area contributed by atoms with E-state index >= 15 is 0 Å². The van der Waals surface area contributed by atoms with Gasteiger partial charge in [0.15, 0.2) is 0 Å². The zero-order valence-corrected chi connectivity index (χ0v) is 15.1. The van der Waals surface area contributed by atoms with Crippen LogP contribution in [0.4, 0.5) is 0 Å². The maximum atomic E-state index is 12.4. The van der Waals surface area contributed by atoms with E-state index in [0.29, 0.717) is 19.6 Å². The van der Waals surface area contributed by atoms with Crippen LogP contribution in [0.25, 0.3) is 0 Å². The number of hydrogen-bond donors (Lipinski definition) is 2. The first kappa shape index (κ1) is 18.1. The molecular weight excluding hydrogens is 332 g/mol. The molecule has 138 valence electrons. The van der Waals surface area contributed by atoms with Gasteiger partial charge in [0.25, 0.3) is 0 Å². The number of likely N-dealkylation sites (tertiary alicyclic amines) is 1. The second-order valence-corrected chi connectivity index (χ2v) is 6.60. The van der Waals surface area contributed by atoms with Gasteiger partial charge in [-0.25, -0.2) is 0 Å². The molecule has 2 atom stereocenters. The number of nitrogens with one attached hydrogen (secondary N) is 2. The van der Waals surface area contributed by atoms with Crippen molar-refractivity contribution in [2.75, 3.05) is 20.1 Å². The molecule has 0 unspecified atom stereocenters. The molecule has 8 heteroatoms. The van der Waals surface area contributed by atoms with Gasteiger partial charge in [-0.2, -0.15) is 5.10 Å². The molecule has 2 aromatic rings. The normalized spacial score (nSPS) is 20.1. The molecule has 1 aliphatic rings.